The Morgan fingerprint density at radius 2 is 1.77 bits per heavy atom. The number of anilines is 2. The van der Waals surface area contributed by atoms with Crippen molar-refractivity contribution in [2.45, 2.75) is 33.6 Å². The van der Waals surface area contributed by atoms with Gasteiger partial charge in [-0.25, -0.2) is 0 Å². The number of methoxy groups -OCH3 is 1. The van der Waals surface area contributed by atoms with Crippen LogP contribution in [0, 0.1) is 6.92 Å². The first-order valence-electron chi connectivity index (χ1n) is 10.7. The zero-order valence-corrected chi connectivity index (χ0v) is 19.0. The summed E-state index contributed by atoms with van der Waals surface area (Å²) in [5.41, 5.74) is 5.81. The summed E-state index contributed by atoms with van der Waals surface area (Å²) in [4.78, 5) is 19.4. The molecule has 3 aromatic rings. The van der Waals surface area contributed by atoms with Crippen molar-refractivity contribution in [2.75, 3.05) is 30.4 Å². The Bertz CT molecular complexity index is 1030. The third-order valence-electron chi connectivity index (χ3n) is 5.59. The molecule has 1 unspecified atom stereocenters. The molecule has 1 aromatic heterocycles. The zero-order valence-electron chi connectivity index (χ0n) is 19.0. The standard InChI is InChI=1S/C26H31N3O2/c1-6-29(7-2)23-11-8-20(9-12-23)19(4)26(30)28-22-10-13-24(25(17-22)31-5)21-14-15-27-18(3)16-21/h8-17,19H,6-7H2,1-5H3,(H,28,30). The Labute approximate surface area is 185 Å². The van der Waals surface area contributed by atoms with E-state index in [4.69, 9.17) is 4.74 Å². The molecule has 0 radical (unpaired) electrons. The van der Waals surface area contributed by atoms with Crippen molar-refractivity contribution in [2.24, 2.45) is 0 Å². The first-order valence-corrected chi connectivity index (χ1v) is 10.7. The Morgan fingerprint density at radius 3 is 2.39 bits per heavy atom. The molecule has 0 bridgehead atoms. The largest absolute Gasteiger partial charge is 0.496 e. The van der Waals surface area contributed by atoms with E-state index in [1.54, 1.807) is 13.3 Å². The minimum atomic E-state index is -0.265. The van der Waals surface area contributed by atoms with E-state index in [0.29, 0.717) is 11.4 Å². The third-order valence-corrected chi connectivity index (χ3v) is 5.59. The lowest BCUT2D eigenvalue weighted by molar-refractivity contribution is -0.117. The van der Waals surface area contributed by atoms with Crippen molar-refractivity contribution in [1.82, 2.24) is 4.98 Å². The van der Waals surface area contributed by atoms with Crippen LogP contribution in [-0.2, 0) is 4.79 Å². The van der Waals surface area contributed by atoms with Gasteiger partial charge in [0.25, 0.3) is 0 Å². The van der Waals surface area contributed by atoms with E-state index in [0.717, 1.165) is 35.5 Å². The molecule has 0 fully saturated rings. The minimum Gasteiger partial charge on any atom is -0.496 e. The molecule has 1 atom stereocenters. The van der Waals surface area contributed by atoms with E-state index in [1.165, 1.54) is 5.69 Å². The van der Waals surface area contributed by atoms with Gasteiger partial charge in [0, 0.05) is 48.0 Å². The normalized spacial score (nSPS) is 11.6. The predicted molar refractivity (Wildman–Crippen MR) is 128 cm³/mol. The number of nitrogens with one attached hydrogen (secondary N) is 1. The highest BCUT2D eigenvalue weighted by Crippen LogP contribution is 2.33. The van der Waals surface area contributed by atoms with E-state index in [9.17, 15) is 4.79 Å². The number of amides is 1. The zero-order chi connectivity index (χ0) is 22.4. The molecular weight excluding hydrogens is 386 g/mol. The maximum atomic E-state index is 12.9. The fourth-order valence-electron chi connectivity index (χ4n) is 3.69. The van der Waals surface area contributed by atoms with Gasteiger partial charge in [-0.15, -0.1) is 0 Å². The number of pyridine rings is 1. The molecule has 5 heteroatoms. The lowest BCUT2D eigenvalue weighted by Crippen LogP contribution is -2.22. The van der Waals surface area contributed by atoms with Crippen LogP contribution in [0.5, 0.6) is 5.75 Å². The van der Waals surface area contributed by atoms with Gasteiger partial charge in [-0.2, -0.15) is 0 Å². The highest BCUT2D eigenvalue weighted by molar-refractivity contribution is 5.96. The smallest absolute Gasteiger partial charge is 0.231 e. The van der Waals surface area contributed by atoms with Crippen molar-refractivity contribution in [3.8, 4) is 16.9 Å². The second kappa shape index (κ2) is 10.1. The number of rotatable bonds is 8. The summed E-state index contributed by atoms with van der Waals surface area (Å²) in [5, 5.41) is 3.02. The Balaban J connectivity index is 1.75. The summed E-state index contributed by atoms with van der Waals surface area (Å²) >= 11 is 0. The molecule has 162 valence electrons. The molecule has 3 rings (SSSR count). The van der Waals surface area contributed by atoms with Gasteiger partial charge >= 0.3 is 0 Å². The summed E-state index contributed by atoms with van der Waals surface area (Å²) < 4.78 is 5.59. The molecule has 1 N–H and O–H groups in total. The monoisotopic (exact) mass is 417 g/mol. The van der Waals surface area contributed by atoms with Gasteiger partial charge in [-0.1, -0.05) is 12.1 Å². The SMILES string of the molecule is CCN(CC)c1ccc(C(C)C(=O)Nc2ccc(-c3ccnc(C)c3)c(OC)c2)cc1. The van der Waals surface area contributed by atoms with Gasteiger partial charge in [-0.3, -0.25) is 9.78 Å². The second-order valence-electron chi connectivity index (χ2n) is 7.58. The molecule has 0 aliphatic carbocycles. The Hall–Kier alpha value is -3.34. The number of aryl methyl sites for hydroxylation is 1. The summed E-state index contributed by atoms with van der Waals surface area (Å²) in [6.45, 7) is 10.1. The number of hydrogen-bond donors (Lipinski definition) is 1. The number of hydrogen-bond acceptors (Lipinski definition) is 4. The first kappa shape index (κ1) is 22.3. The number of carbonyl (C=O) groups excluding carboxylic acids is 1. The Kier molecular flexibility index (Phi) is 7.29. The maximum Gasteiger partial charge on any atom is 0.231 e. The minimum absolute atomic E-state index is 0.0508. The molecular formula is C26H31N3O2. The van der Waals surface area contributed by atoms with Crippen molar-refractivity contribution >= 4 is 17.3 Å². The van der Waals surface area contributed by atoms with Crippen LogP contribution in [0.15, 0.2) is 60.8 Å². The highest BCUT2D eigenvalue weighted by Gasteiger charge is 2.17. The number of aromatic nitrogens is 1. The highest BCUT2D eigenvalue weighted by atomic mass is 16.5. The van der Waals surface area contributed by atoms with Crippen LogP contribution < -0.4 is 15.0 Å². The van der Waals surface area contributed by atoms with E-state index in [2.05, 4.69) is 41.2 Å². The van der Waals surface area contributed by atoms with Crippen LogP contribution in [-0.4, -0.2) is 31.1 Å². The molecule has 2 aromatic carbocycles. The number of nitrogens with zero attached hydrogens (tertiary/aromatic N) is 2. The van der Waals surface area contributed by atoms with Crippen LogP contribution in [0.3, 0.4) is 0 Å². The van der Waals surface area contributed by atoms with Gasteiger partial charge in [0.05, 0.1) is 13.0 Å². The first-order chi connectivity index (χ1) is 15.0. The number of carbonyl (C=O) groups is 1. The van der Waals surface area contributed by atoms with Crippen LogP contribution in [0.1, 0.15) is 37.9 Å². The van der Waals surface area contributed by atoms with Crippen LogP contribution in [0.2, 0.25) is 0 Å². The molecule has 0 saturated carbocycles. The lowest BCUT2D eigenvalue weighted by Gasteiger charge is -2.22. The van der Waals surface area contributed by atoms with E-state index in [-0.39, 0.29) is 11.8 Å². The second-order valence-corrected chi connectivity index (χ2v) is 7.58. The molecule has 0 aliphatic rings. The molecule has 31 heavy (non-hydrogen) atoms. The fraction of sp³-hybridized carbons (Fsp3) is 0.308. The molecule has 0 spiro atoms. The molecule has 5 nitrogen and oxygen atoms in total. The molecule has 1 amide bonds. The summed E-state index contributed by atoms with van der Waals surface area (Å²) in [6, 6.07) is 17.9. The van der Waals surface area contributed by atoms with Crippen LogP contribution >= 0.6 is 0 Å². The molecule has 0 saturated heterocycles. The number of ether oxygens (including phenoxy) is 1. The average molecular weight is 418 g/mol. The topological polar surface area (TPSA) is 54.5 Å². The Morgan fingerprint density at radius 1 is 1.06 bits per heavy atom. The number of benzene rings is 2. The van der Waals surface area contributed by atoms with E-state index in [1.807, 2.05) is 56.3 Å². The summed E-state index contributed by atoms with van der Waals surface area (Å²) in [6.07, 6.45) is 1.78. The van der Waals surface area contributed by atoms with Crippen LogP contribution in [0.4, 0.5) is 11.4 Å². The maximum absolute atomic E-state index is 12.9. The fourth-order valence-corrected chi connectivity index (χ4v) is 3.69. The predicted octanol–water partition coefficient (Wildman–Crippen LogP) is 5.65. The van der Waals surface area contributed by atoms with E-state index >= 15 is 0 Å². The lowest BCUT2D eigenvalue weighted by atomic mass is 9.99. The van der Waals surface area contributed by atoms with Gasteiger partial charge in [-0.05, 0) is 75.2 Å². The molecule has 0 aliphatic heterocycles. The van der Waals surface area contributed by atoms with Gasteiger partial charge in [0.2, 0.25) is 5.91 Å². The van der Waals surface area contributed by atoms with E-state index < -0.39 is 0 Å². The van der Waals surface area contributed by atoms with Crippen molar-refractivity contribution in [3.63, 3.8) is 0 Å². The summed E-state index contributed by atoms with van der Waals surface area (Å²) in [7, 11) is 1.64. The quantitative estimate of drug-likeness (QED) is 0.514. The molecule has 1 heterocycles. The van der Waals surface area contributed by atoms with Crippen LogP contribution in [0.25, 0.3) is 11.1 Å². The van der Waals surface area contributed by atoms with Gasteiger partial charge in [0.15, 0.2) is 0 Å². The third kappa shape index (κ3) is 5.23. The summed E-state index contributed by atoms with van der Waals surface area (Å²) in [5.74, 6) is 0.393. The average Bonchev–Trinajstić information content (AvgIpc) is 2.79. The van der Waals surface area contributed by atoms with Crippen molar-refractivity contribution in [3.05, 3.63) is 72.1 Å². The van der Waals surface area contributed by atoms with Crippen molar-refractivity contribution in [1.29, 1.82) is 0 Å². The van der Waals surface area contributed by atoms with Crippen molar-refractivity contribution < 1.29 is 9.53 Å². The van der Waals surface area contributed by atoms with Gasteiger partial charge < -0.3 is 15.0 Å². The van der Waals surface area contributed by atoms with Gasteiger partial charge in [0.1, 0.15) is 5.75 Å².